The second-order valence-electron chi connectivity index (χ2n) is 4.24. The summed E-state index contributed by atoms with van der Waals surface area (Å²) in [5.41, 5.74) is 1.73. The molecule has 0 aliphatic carbocycles. The van der Waals surface area contributed by atoms with Crippen molar-refractivity contribution in [2.75, 3.05) is 0 Å². The Morgan fingerprint density at radius 3 is 2.50 bits per heavy atom. The number of hydrogen-bond donors (Lipinski definition) is 1. The summed E-state index contributed by atoms with van der Waals surface area (Å²) < 4.78 is 5.01. The molecule has 0 spiro atoms. The largest absolute Gasteiger partial charge is 0.341 e. The maximum absolute atomic E-state index is 11.9. The summed E-state index contributed by atoms with van der Waals surface area (Å²) in [6.45, 7) is 5.52. The highest BCUT2D eigenvalue weighted by Crippen LogP contribution is 2.11. The Bertz CT molecular complexity index is 546. The molecule has 94 valence electrons. The van der Waals surface area contributed by atoms with E-state index in [9.17, 15) is 4.79 Å². The Labute approximate surface area is 105 Å². The Morgan fingerprint density at radius 1 is 1.28 bits per heavy atom. The molecule has 0 bridgehead atoms. The van der Waals surface area contributed by atoms with E-state index in [0.29, 0.717) is 17.3 Å². The lowest BCUT2D eigenvalue weighted by Gasteiger charge is -2.09. The van der Waals surface area contributed by atoms with Gasteiger partial charge in [0.15, 0.2) is 5.82 Å². The number of aryl methyl sites for hydroxylation is 2. The van der Waals surface area contributed by atoms with E-state index in [4.69, 9.17) is 4.52 Å². The first-order valence-electron chi connectivity index (χ1n) is 5.74. The summed E-state index contributed by atoms with van der Waals surface area (Å²) in [4.78, 5) is 16.0. The zero-order valence-electron chi connectivity index (χ0n) is 10.6. The number of benzene rings is 1. The quantitative estimate of drug-likeness (QED) is 0.899. The fourth-order valence-corrected chi connectivity index (χ4v) is 1.54. The number of carbonyl (C=O) groups excluding carboxylic acids is 1. The molecule has 0 saturated carbocycles. The van der Waals surface area contributed by atoms with Crippen LogP contribution in [0.25, 0.3) is 0 Å². The smallest absolute Gasteiger partial charge is 0.251 e. The molecule has 1 heterocycles. The monoisotopic (exact) mass is 245 g/mol. The molecule has 1 N–H and O–H groups in total. The van der Waals surface area contributed by atoms with Gasteiger partial charge in [-0.15, -0.1) is 0 Å². The molecule has 0 aliphatic rings. The first kappa shape index (κ1) is 12.3. The van der Waals surface area contributed by atoms with Crippen molar-refractivity contribution in [3.8, 4) is 0 Å². The van der Waals surface area contributed by atoms with Gasteiger partial charge in [-0.3, -0.25) is 4.79 Å². The van der Waals surface area contributed by atoms with Gasteiger partial charge in [0.1, 0.15) is 6.04 Å². The molecule has 1 aromatic heterocycles. The summed E-state index contributed by atoms with van der Waals surface area (Å²) in [5, 5.41) is 6.50. The van der Waals surface area contributed by atoms with Gasteiger partial charge in [0.25, 0.3) is 5.91 Å². The van der Waals surface area contributed by atoms with Crippen LogP contribution >= 0.6 is 0 Å². The standard InChI is InChI=1S/C13H15N3O2/c1-8-4-6-11(7-5-8)12(17)14-9(2)13-15-10(3)16-18-13/h4-7,9H,1-3H3,(H,14,17)/t9-/m0/s1. The predicted molar refractivity (Wildman–Crippen MR) is 66.1 cm³/mol. The Morgan fingerprint density at radius 2 is 1.94 bits per heavy atom. The maximum Gasteiger partial charge on any atom is 0.251 e. The van der Waals surface area contributed by atoms with E-state index in [2.05, 4.69) is 15.5 Å². The van der Waals surface area contributed by atoms with Crippen LogP contribution in [0.3, 0.4) is 0 Å². The summed E-state index contributed by atoms with van der Waals surface area (Å²) in [6.07, 6.45) is 0. The molecule has 0 aliphatic heterocycles. The molecule has 5 heteroatoms. The molecule has 0 fully saturated rings. The SMILES string of the molecule is Cc1ccc(C(=O)N[C@@H](C)c2nc(C)no2)cc1. The molecule has 0 unspecified atom stereocenters. The minimum Gasteiger partial charge on any atom is -0.341 e. The average molecular weight is 245 g/mol. The van der Waals surface area contributed by atoms with Gasteiger partial charge in [-0.2, -0.15) is 4.98 Å². The molecule has 0 radical (unpaired) electrons. The number of carbonyl (C=O) groups is 1. The minimum absolute atomic E-state index is 0.154. The lowest BCUT2D eigenvalue weighted by atomic mass is 10.1. The molecule has 18 heavy (non-hydrogen) atoms. The number of nitrogens with zero attached hydrogens (tertiary/aromatic N) is 2. The fraction of sp³-hybridized carbons (Fsp3) is 0.308. The van der Waals surface area contributed by atoms with Crippen LogP contribution in [-0.2, 0) is 0 Å². The third kappa shape index (κ3) is 2.74. The van der Waals surface area contributed by atoms with E-state index in [1.54, 1.807) is 26.0 Å². The van der Waals surface area contributed by atoms with E-state index >= 15 is 0 Å². The zero-order valence-corrected chi connectivity index (χ0v) is 10.6. The topological polar surface area (TPSA) is 68.0 Å². The van der Waals surface area contributed by atoms with Crippen LogP contribution < -0.4 is 5.32 Å². The normalized spacial score (nSPS) is 12.2. The molecule has 1 amide bonds. The predicted octanol–water partition coefficient (Wildman–Crippen LogP) is 2.18. The van der Waals surface area contributed by atoms with Crippen molar-refractivity contribution < 1.29 is 9.32 Å². The number of rotatable bonds is 3. The van der Waals surface area contributed by atoms with Gasteiger partial charge in [-0.25, -0.2) is 0 Å². The van der Waals surface area contributed by atoms with Crippen molar-refractivity contribution in [2.45, 2.75) is 26.8 Å². The lowest BCUT2D eigenvalue weighted by molar-refractivity contribution is 0.0932. The van der Waals surface area contributed by atoms with Crippen LogP contribution in [0, 0.1) is 13.8 Å². The third-order valence-corrected chi connectivity index (χ3v) is 2.58. The van der Waals surface area contributed by atoms with Crippen molar-refractivity contribution in [3.63, 3.8) is 0 Å². The molecule has 2 aromatic rings. The van der Waals surface area contributed by atoms with Gasteiger partial charge in [-0.1, -0.05) is 22.9 Å². The zero-order chi connectivity index (χ0) is 13.1. The van der Waals surface area contributed by atoms with Crippen molar-refractivity contribution in [1.82, 2.24) is 15.5 Å². The Kier molecular flexibility index (Phi) is 3.41. The highest BCUT2D eigenvalue weighted by Gasteiger charge is 2.16. The second-order valence-corrected chi connectivity index (χ2v) is 4.24. The first-order chi connectivity index (χ1) is 8.56. The van der Waals surface area contributed by atoms with Crippen molar-refractivity contribution >= 4 is 5.91 Å². The summed E-state index contributed by atoms with van der Waals surface area (Å²) in [5.74, 6) is 0.813. The van der Waals surface area contributed by atoms with Gasteiger partial charge in [0.05, 0.1) is 0 Å². The van der Waals surface area contributed by atoms with Gasteiger partial charge >= 0.3 is 0 Å². The van der Waals surface area contributed by atoms with Crippen molar-refractivity contribution in [1.29, 1.82) is 0 Å². The Hall–Kier alpha value is -2.17. The van der Waals surface area contributed by atoms with Crippen LogP contribution in [0.15, 0.2) is 28.8 Å². The van der Waals surface area contributed by atoms with Crippen LogP contribution in [0.4, 0.5) is 0 Å². The third-order valence-electron chi connectivity index (χ3n) is 2.58. The van der Waals surface area contributed by atoms with E-state index in [1.807, 2.05) is 19.1 Å². The van der Waals surface area contributed by atoms with Gasteiger partial charge in [0, 0.05) is 5.56 Å². The van der Waals surface area contributed by atoms with Gasteiger partial charge in [0.2, 0.25) is 5.89 Å². The summed E-state index contributed by atoms with van der Waals surface area (Å²) >= 11 is 0. The fourth-order valence-electron chi connectivity index (χ4n) is 1.54. The molecular weight excluding hydrogens is 230 g/mol. The van der Waals surface area contributed by atoms with E-state index in [1.165, 1.54) is 0 Å². The average Bonchev–Trinajstić information content (AvgIpc) is 2.76. The number of aromatic nitrogens is 2. The van der Waals surface area contributed by atoms with Crippen LogP contribution in [0.1, 0.15) is 40.6 Å². The lowest BCUT2D eigenvalue weighted by Crippen LogP contribution is -2.26. The van der Waals surface area contributed by atoms with Crippen LogP contribution in [0.5, 0.6) is 0 Å². The Balaban J connectivity index is 2.05. The maximum atomic E-state index is 11.9. The molecule has 2 rings (SSSR count). The van der Waals surface area contributed by atoms with E-state index in [0.717, 1.165) is 5.56 Å². The first-order valence-corrected chi connectivity index (χ1v) is 5.74. The second kappa shape index (κ2) is 5.00. The molecule has 0 saturated heterocycles. The summed E-state index contributed by atoms with van der Waals surface area (Å²) in [6, 6.07) is 7.07. The molecule has 5 nitrogen and oxygen atoms in total. The van der Waals surface area contributed by atoms with Gasteiger partial charge < -0.3 is 9.84 Å². The van der Waals surface area contributed by atoms with Crippen molar-refractivity contribution in [2.24, 2.45) is 0 Å². The molecule has 1 aromatic carbocycles. The number of nitrogens with one attached hydrogen (secondary N) is 1. The molecular formula is C13H15N3O2. The van der Waals surface area contributed by atoms with E-state index in [-0.39, 0.29) is 11.9 Å². The van der Waals surface area contributed by atoms with Crippen molar-refractivity contribution in [3.05, 3.63) is 47.1 Å². The molecule has 1 atom stereocenters. The number of hydrogen-bond acceptors (Lipinski definition) is 4. The highest BCUT2D eigenvalue weighted by molar-refractivity contribution is 5.94. The van der Waals surface area contributed by atoms with Gasteiger partial charge in [-0.05, 0) is 32.9 Å². The minimum atomic E-state index is -0.306. The van der Waals surface area contributed by atoms with E-state index < -0.39 is 0 Å². The van der Waals surface area contributed by atoms with Crippen LogP contribution in [0.2, 0.25) is 0 Å². The summed E-state index contributed by atoms with van der Waals surface area (Å²) in [7, 11) is 0. The van der Waals surface area contributed by atoms with Crippen LogP contribution in [-0.4, -0.2) is 16.0 Å². The highest BCUT2D eigenvalue weighted by atomic mass is 16.5. The number of amides is 1.